The van der Waals surface area contributed by atoms with Crippen molar-refractivity contribution >= 4 is 60.6 Å². The van der Waals surface area contributed by atoms with Gasteiger partial charge in [0.15, 0.2) is 0 Å². The van der Waals surface area contributed by atoms with Crippen LogP contribution < -0.4 is 5.56 Å². The second-order valence-corrected chi connectivity index (χ2v) is 9.83. The molecule has 0 atom stereocenters. The molecule has 0 aliphatic heterocycles. The molecule has 0 fully saturated rings. The molecule has 32 heavy (non-hydrogen) atoms. The van der Waals surface area contributed by atoms with Crippen LogP contribution in [-0.2, 0) is 13.1 Å². The fourth-order valence-corrected chi connectivity index (χ4v) is 5.67. The summed E-state index contributed by atoms with van der Waals surface area (Å²) < 4.78 is 2.47. The monoisotopic (exact) mass is 483 g/mol. The number of fused-ring (bicyclic) bond motifs is 2. The van der Waals surface area contributed by atoms with Crippen LogP contribution in [0.25, 0.3) is 20.4 Å². The summed E-state index contributed by atoms with van der Waals surface area (Å²) >= 11 is 9.07. The van der Waals surface area contributed by atoms with Crippen LogP contribution >= 0.6 is 34.3 Å². The number of carbonyl (C=O) groups excluding carboxylic acids is 1. The minimum Gasteiger partial charge on any atom is -0.334 e. The molecule has 4 heterocycles. The molecule has 162 valence electrons. The number of aryl methyl sites for hydroxylation is 1. The number of halogens is 1. The summed E-state index contributed by atoms with van der Waals surface area (Å²) in [7, 11) is 1.70. The highest BCUT2D eigenvalue weighted by Gasteiger charge is 2.20. The van der Waals surface area contributed by atoms with E-state index < -0.39 is 0 Å². The average Bonchev–Trinajstić information content (AvgIpc) is 3.47. The van der Waals surface area contributed by atoms with Crippen LogP contribution in [-0.4, -0.2) is 37.6 Å². The van der Waals surface area contributed by atoms with E-state index in [0.717, 1.165) is 21.5 Å². The second kappa shape index (κ2) is 8.16. The van der Waals surface area contributed by atoms with E-state index in [0.29, 0.717) is 32.5 Å². The highest BCUT2D eigenvalue weighted by Crippen LogP contribution is 2.30. The van der Waals surface area contributed by atoms with E-state index in [1.807, 2.05) is 47.3 Å². The van der Waals surface area contributed by atoms with Crippen LogP contribution in [0.1, 0.15) is 26.8 Å². The van der Waals surface area contributed by atoms with Crippen molar-refractivity contribution in [3.8, 4) is 0 Å². The Morgan fingerprint density at radius 2 is 2.09 bits per heavy atom. The summed E-state index contributed by atoms with van der Waals surface area (Å²) in [6.45, 7) is 2.67. The summed E-state index contributed by atoms with van der Waals surface area (Å²) in [5, 5.41) is 8.09. The standard InChI is InChI=1S/C22H18ClN5O2S2/c1-12-14-9-17(32-22(14)28(26-12)10-13-5-3-4-6-15(13)23)21(30)27(2)11-18-24-16-7-8-31-19(16)20(29)25-18/h3-9H,10-11H2,1-2H3,(H,24,25,29). The Bertz CT molecular complexity index is 1530. The molecule has 0 saturated heterocycles. The minimum absolute atomic E-state index is 0.136. The van der Waals surface area contributed by atoms with Crippen molar-refractivity contribution in [3.05, 3.63) is 79.1 Å². The fraction of sp³-hybridized carbons (Fsp3) is 0.182. The number of carbonyl (C=O) groups is 1. The number of thiophene rings is 2. The van der Waals surface area contributed by atoms with E-state index in [-0.39, 0.29) is 18.0 Å². The zero-order valence-corrected chi connectivity index (χ0v) is 19.6. The van der Waals surface area contributed by atoms with E-state index >= 15 is 0 Å². The Morgan fingerprint density at radius 1 is 1.28 bits per heavy atom. The SMILES string of the molecule is Cc1nn(Cc2ccccc2Cl)c2sc(C(=O)N(C)Cc3nc4ccsc4c(=O)[nH]3)cc12. The molecule has 0 unspecified atom stereocenters. The lowest BCUT2D eigenvalue weighted by Crippen LogP contribution is -2.27. The molecule has 5 aromatic rings. The fourth-order valence-electron chi connectivity index (χ4n) is 3.59. The first-order chi connectivity index (χ1) is 15.4. The molecule has 1 amide bonds. The van der Waals surface area contributed by atoms with Crippen molar-refractivity contribution in [3.63, 3.8) is 0 Å². The highest BCUT2D eigenvalue weighted by molar-refractivity contribution is 7.20. The number of hydrogen-bond acceptors (Lipinski definition) is 6. The van der Waals surface area contributed by atoms with E-state index in [1.54, 1.807) is 18.0 Å². The number of rotatable bonds is 5. The maximum absolute atomic E-state index is 13.1. The second-order valence-electron chi connectivity index (χ2n) is 7.47. The van der Waals surface area contributed by atoms with Gasteiger partial charge in [-0.05, 0) is 36.1 Å². The molecule has 0 radical (unpaired) electrons. The van der Waals surface area contributed by atoms with Gasteiger partial charge in [0.05, 0.1) is 29.2 Å². The summed E-state index contributed by atoms with van der Waals surface area (Å²) in [5.41, 5.74) is 2.29. The van der Waals surface area contributed by atoms with Crippen molar-refractivity contribution in [2.24, 2.45) is 0 Å². The predicted octanol–water partition coefficient (Wildman–Crippen LogP) is 4.68. The number of nitrogens with one attached hydrogen (secondary N) is 1. The van der Waals surface area contributed by atoms with Crippen molar-refractivity contribution < 1.29 is 4.79 Å². The molecule has 0 aliphatic carbocycles. The van der Waals surface area contributed by atoms with E-state index in [2.05, 4.69) is 15.1 Å². The number of amides is 1. The zero-order valence-electron chi connectivity index (χ0n) is 17.3. The highest BCUT2D eigenvalue weighted by atomic mass is 35.5. The molecule has 0 saturated carbocycles. The van der Waals surface area contributed by atoms with Crippen LogP contribution in [0.4, 0.5) is 0 Å². The van der Waals surface area contributed by atoms with Crippen molar-refractivity contribution in [2.75, 3.05) is 7.05 Å². The first-order valence-corrected chi connectivity index (χ1v) is 11.9. The van der Waals surface area contributed by atoms with Crippen LogP contribution in [0.3, 0.4) is 0 Å². The maximum atomic E-state index is 13.1. The summed E-state index contributed by atoms with van der Waals surface area (Å²) in [5.74, 6) is 0.321. The molecule has 7 nitrogen and oxygen atoms in total. The maximum Gasteiger partial charge on any atom is 0.268 e. The van der Waals surface area contributed by atoms with E-state index in [1.165, 1.54) is 22.7 Å². The molecule has 4 aromatic heterocycles. The van der Waals surface area contributed by atoms with Gasteiger partial charge in [-0.15, -0.1) is 22.7 Å². The summed E-state index contributed by atoms with van der Waals surface area (Å²) in [6.07, 6.45) is 0. The quantitative estimate of drug-likeness (QED) is 0.393. The lowest BCUT2D eigenvalue weighted by Gasteiger charge is -2.15. The largest absolute Gasteiger partial charge is 0.334 e. The van der Waals surface area contributed by atoms with Gasteiger partial charge < -0.3 is 9.88 Å². The summed E-state index contributed by atoms with van der Waals surface area (Å²) in [4.78, 5) is 35.7. The Balaban J connectivity index is 1.41. The zero-order chi connectivity index (χ0) is 22.4. The molecule has 0 bridgehead atoms. The van der Waals surface area contributed by atoms with Crippen molar-refractivity contribution in [1.29, 1.82) is 0 Å². The Hall–Kier alpha value is -3.01. The number of aromatic nitrogens is 4. The van der Waals surface area contributed by atoms with E-state index in [4.69, 9.17) is 11.6 Å². The van der Waals surface area contributed by atoms with Crippen LogP contribution in [0.15, 0.2) is 46.6 Å². The predicted molar refractivity (Wildman–Crippen MR) is 129 cm³/mol. The third-order valence-corrected chi connectivity index (χ3v) is 7.60. The minimum atomic E-state index is -0.182. The lowest BCUT2D eigenvalue weighted by molar-refractivity contribution is 0.0786. The Kier molecular flexibility index (Phi) is 5.32. The van der Waals surface area contributed by atoms with Gasteiger partial charge in [0, 0.05) is 17.5 Å². The van der Waals surface area contributed by atoms with E-state index in [9.17, 15) is 9.59 Å². The number of aromatic amines is 1. The molecule has 1 N–H and O–H groups in total. The Morgan fingerprint density at radius 3 is 2.91 bits per heavy atom. The third kappa shape index (κ3) is 3.72. The first kappa shape index (κ1) is 20.9. The Labute approximate surface area is 195 Å². The van der Waals surface area contributed by atoms with Gasteiger partial charge in [0.2, 0.25) is 0 Å². The van der Waals surface area contributed by atoms with Crippen LogP contribution in [0.2, 0.25) is 5.02 Å². The van der Waals surface area contributed by atoms with Gasteiger partial charge in [-0.1, -0.05) is 29.8 Å². The van der Waals surface area contributed by atoms with Crippen LogP contribution in [0.5, 0.6) is 0 Å². The molecule has 10 heteroatoms. The van der Waals surface area contributed by atoms with Gasteiger partial charge >= 0.3 is 0 Å². The van der Waals surface area contributed by atoms with Gasteiger partial charge in [-0.25, -0.2) is 4.98 Å². The van der Waals surface area contributed by atoms with Gasteiger partial charge in [-0.2, -0.15) is 5.10 Å². The number of benzene rings is 1. The first-order valence-electron chi connectivity index (χ1n) is 9.83. The van der Waals surface area contributed by atoms with Crippen LogP contribution in [0, 0.1) is 6.92 Å². The molecule has 1 aromatic carbocycles. The van der Waals surface area contributed by atoms with Gasteiger partial charge in [-0.3, -0.25) is 14.3 Å². The lowest BCUT2D eigenvalue weighted by atomic mass is 10.2. The van der Waals surface area contributed by atoms with Gasteiger partial charge in [0.1, 0.15) is 15.4 Å². The molecule has 0 aliphatic rings. The average molecular weight is 484 g/mol. The van der Waals surface area contributed by atoms with Gasteiger partial charge in [0.25, 0.3) is 11.5 Å². The van der Waals surface area contributed by atoms with Crippen molar-refractivity contribution in [1.82, 2.24) is 24.6 Å². The topological polar surface area (TPSA) is 83.9 Å². The molecular weight excluding hydrogens is 466 g/mol. The summed E-state index contributed by atoms with van der Waals surface area (Å²) in [6, 6.07) is 11.3. The molecular formula is C22H18ClN5O2S2. The number of nitrogens with zero attached hydrogens (tertiary/aromatic N) is 4. The smallest absolute Gasteiger partial charge is 0.268 e. The molecule has 5 rings (SSSR count). The molecule has 0 spiro atoms. The number of hydrogen-bond donors (Lipinski definition) is 1. The number of H-pyrrole nitrogens is 1. The van der Waals surface area contributed by atoms with Crippen molar-refractivity contribution in [2.45, 2.75) is 20.0 Å². The third-order valence-electron chi connectivity index (χ3n) is 5.19. The normalized spacial score (nSPS) is 11.5.